The highest BCUT2D eigenvalue weighted by atomic mass is 79.9. The van der Waals surface area contributed by atoms with Crippen LogP contribution in [-0.4, -0.2) is 10.3 Å². The molecule has 0 saturated carbocycles. The summed E-state index contributed by atoms with van der Waals surface area (Å²) < 4.78 is 12.8. The normalized spacial score (nSPS) is 11.8. The summed E-state index contributed by atoms with van der Waals surface area (Å²) in [4.78, 5) is 4.50. The molecule has 0 radical (unpaired) electrons. The largest absolute Gasteiger partial charge is 0.237 e. The second-order valence-electron chi connectivity index (χ2n) is 3.71. The van der Waals surface area contributed by atoms with Gasteiger partial charge < -0.3 is 0 Å². The van der Waals surface area contributed by atoms with Gasteiger partial charge in [0.25, 0.3) is 0 Å². The Morgan fingerprint density at radius 3 is 2.76 bits per heavy atom. The van der Waals surface area contributed by atoms with Crippen LogP contribution in [0, 0.1) is 5.82 Å². The predicted octanol–water partition coefficient (Wildman–Crippen LogP) is 4.75. The van der Waals surface area contributed by atoms with Crippen molar-refractivity contribution >= 4 is 33.3 Å². The zero-order chi connectivity index (χ0) is 12.3. The van der Waals surface area contributed by atoms with Crippen molar-refractivity contribution in [3.8, 4) is 10.6 Å². The highest BCUT2D eigenvalue weighted by Crippen LogP contribution is 2.24. The number of hydrogen-bond acceptors (Lipinski definition) is 2. The zero-order valence-corrected chi connectivity index (χ0v) is 11.7. The number of halogens is 2. The van der Waals surface area contributed by atoms with E-state index in [9.17, 15) is 4.39 Å². The van der Waals surface area contributed by atoms with Crippen molar-refractivity contribution in [3.63, 3.8) is 0 Å². The maximum absolute atomic E-state index is 12.8. The molecule has 0 spiro atoms. The van der Waals surface area contributed by atoms with Gasteiger partial charge in [0.1, 0.15) is 10.8 Å². The number of thiazole rings is 1. The first-order valence-corrected chi connectivity index (χ1v) is 7.14. The Morgan fingerprint density at radius 2 is 2.12 bits per heavy atom. The molecule has 0 aliphatic rings. The number of aromatic nitrogens is 1. The Morgan fingerprint density at radius 1 is 1.41 bits per heavy atom. The summed E-state index contributed by atoms with van der Waals surface area (Å²) in [5, 5.41) is 3.76. The quantitative estimate of drug-likeness (QED) is 0.746. The summed E-state index contributed by atoms with van der Waals surface area (Å²) >= 11 is 4.97. The van der Waals surface area contributed by atoms with Crippen LogP contribution < -0.4 is 0 Å². The van der Waals surface area contributed by atoms with Crippen molar-refractivity contribution in [1.82, 2.24) is 4.98 Å². The number of hydrogen-bond donors (Lipinski definition) is 0. The molecule has 2 aromatic rings. The average molecular weight is 312 g/mol. The minimum atomic E-state index is -0.222. The van der Waals surface area contributed by atoms with E-state index in [0.29, 0.717) is 0 Å². The van der Waals surface area contributed by atoms with Crippen LogP contribution in [0.25, 0.3) is 16.6 Å². The van der Waals surface area contributed by atoms with Gasteiger partial charge in [-0.25, -0.2) is 9.37 Å². The number of nitrogens with zero attached hydrogens (tertiary/aromatic N) is 1. The van der Waals surface area contributed by atoms with E-state index < -0.39 is 0 Å². The maximum atomic E-state index is 12.8. The van der Waals surface area contributed by atoms with E-state index in [-0.39, 0.29) is 5.82 Å². The van der Waals surface area contributed by atoms with Gasteiger partial charge >= 0.3 is 0 Å². The molecule has 17 heavy (non-hydrogen) atoms. The van der Waals surface area contributed by atoms with Gasteiger partial charge in [-0.2, -0.15) is 0 Å². The molecule has 88 valence electrons. The third-order valence-electron chi connectivity index (χ3n) is 2.22. The molecule has 2 rings (SSSR count). The Balaban J connectivity index is 2.27. The van der Waals surface area contributed by atoms with Crippen LogP contribution in [0.2, 0.25) is 0 Å². The smallest absolute Gasteiger partial charge is 0.124 e. The van der Waals surface area contributed by atoms with Gasteiger partial charge in [0.15, 0.2) is 0 Å². The second-order valence-corrected chi connectivity index (χ2v) is 5.13. The molecule has 0 N–H and O–H groups in total. The van der Waals surface area contributed by atoms with Gasteiger partial charge in [-0.15, -0.1) is 11.3 Å². The molecule has 1 heterocycles. The summed E-state index contributed by atoms with van der Waals surface area (Å²) in [6, 6.07) is 6.41. The minimum absolute atomic E-state index is 0.222. The maximum Gasteiger partial charge on any atom is 0.124 e. The number of rotatable bonds is 3. The number of allylic oxidation sites excluding steroid dienone is 1. The zero-order valence-electron chi connectivity index (χ0n) is 9.28. The molecule has 0 unspecified atom stereocenters. The Bertz CT molecular complexity index is 531. The lowest BCUT2D eigenvalue weighted by Gasteiger charge is -1.95. The Hall–Kier alpha value is -1.000. The van der Waals surface area contributed by atoms with Crippen molar-refractivity contribution in [1.29, 1.82) is 0 Å². The van der Waals surface area contributed by atoms with E-state index in [2.05, 4.69) is 20.9 Å². The molecular weight excluding hydrogens is 301 g/mol. The van der Waals surface area contributed by atoms with Gasteiger partial charge in [-0.1, -0.05) is 21.5 Å². The molecule has 0 fully saturated rings. The average Bonchev–Trinajstić information content (AvgIpc) is 2.78. The third kappa shape index (κ3) is 3.23. The van der Waals surface area contributed by atoms with E-state index in [1.807, 2.05) is 18.4 Å². The van der Waals surface area contributed by atoms with Gasteiger partial charge in [0, 0.05) is 16.3 Å². The van der Waals surface area contributed by atoms with Gasteiger partial charge in [-0.3, -0.25) is 0 Å². The van der Waals surface area contributed by atoms with Crippen LogP contribution in [0.1, 0.15) is 12.6 Å². The molecule has 0 atom stereocenters. The van der Waals surface area contributed by atoms with Crippen molar-refractivity contribution in [2.75, 3.05) is 5.33 Å². The molecule has 0 saturated heterocycles. The lowest BCUT2D eigenvalue weighted by molar-refractivity contribution is 0.628. The summed E-state index contributed by atoms with van der Waals surface area (Å²) in [5.74, 6) is -0.222. The topological polar surface area (TPSA) is 12.9 Å². The molecule has 1 aromatic heterocycles. The summed E-state index contributed by atoms with van der Waals surface area (Å²) in [7, 11) is 0. The van der Waals surface area contributed by atoms with Crippen LogP contribution >= 0.6 is 27.3 Å². The molecule has 0 bridgehead atoms. The SMILES string of the molecule is CC(=Cc1csc(-c2ccc(F)cc2)n1)CBr. The number of benzene rings is 1. The van der Waals surface area contributed by atoms with Crippen LogP contribution in [0.5, 0.6) is 0 Å². The van der Waals surface area contributed by atoms with E-state index in [4.69, 9.17) is 0 Å². The van der Waals surface area contributed by atoms with Crippen molar-refractivity contribution in [3.05, 3.63) is 46.7 Å². The molecule has 0 aliphatic heterocycles. The van der Waals surface area contributed by atoms with E-state index in [1.54, 1.807) is 23.5 Å². The standard InChI is InChI=1S/C13H11BrFNS/c1-9(7-14)6-12-8-17-13(16-12)10-2-4-11(15)5-3-10/h2-6,8H,7H2,1H3. The van der Waals surface area contributed by atoms with Crippen molar-refractivity contribution < 1.29 is 4.39 Å². The second kappa shape index (κ2) is 5.56. The van der Waals surface area contributed by atoms with Crippen LogP contribution in [0.15, 0.2) is 35.2 Å². The first kappa shape index (κ1) is 12.5. The highest BCUT2D eigenvalue weighted by molar-refractivity contribution is 9.09. The monoisotopic (exact) mass is 311 g/mol. The fourth-order valence-electron chi connectivity index (χ4n) is 1.37. The van der Waals surface area contributed by atoms with Crippen LogP contribution in [-0.2, 0) is 0 Å². The summed E-state index contributed by atoms with van der Waals surface area (Å²) in [6.45, 7) is 2.05. The van der Waals surface area contributed by atoms with Crippen LogP contribution in [0.4, 0.5) is 4.39 Å². The molecule has 0 aliphatic carbocycles. The number of alkyl halides is 1. The lowest BCUT2D eigenvalue weighted by atomic mass is 10.2. The van der Waals surface area contributed by atoms with E-state index >= 15 is 0 Å². The summed E-state index contributed by atoms with van der Waals surface area (Å²) in [6.07, 6.45) is 2.04. The molecule has 4 heteroatoms. The van der Waals surface area contributed by atoms with Crippen molar-refractivity contribution in [2.24, 2.45) is 0 Å². The highest BCUT2D eigenvalue weighted by Gasteiger charge is 2.03. The molecule has 1 nitrogen and oxygen atoms in total. The Labute approximate surface area is 112 Å². The van der Waals surface area contributed by atoms with Gasteiger partial charge in [-0.05, 0) is 37.3 Å². The minimum Gasteiger partial charge on any atom is -0.237 e. The first-order chi connectivity index (χ1) is 8.19. The summed E-state index contributed by atoms with van der Waals surface area (Å²) in [5.41, 5.74) is 3.12. The molecular formula is C13H11BrFNS. The van der Waals surface area contributed by atoms with Crippen molar-refractivity contribution in [2.45, 2.75) is 6.92 Å². The first-order valence-electron chi connectivity index (χ1n) is 5.13. The van der Waals surface area contributed by atoms with Crippen LogP contribution in [0.3, 0.4) is 0 Å². The van der Waals surface area contributed by atoms with Gasteiger partial charge in [0.05, 0.1) is 5.69 Å². The van der Waals surface area contributed by atoms with E-state index in [1.165, 1.54) is 17.7 Å². The lowest BCUT2D eigenvalue weighted by Crippen LogP contribution is -1.80. The Kier molecular flexibility index (Phi) is 4.07. The molecule has 0 amide bonds. The van der Waals surface area contributed by atoms with Gasteiger partial charge in [0.2, 0.25) is 0 Å². The fourth-order valence-corrected chi connectivity index (χ4v) is 2.31. The third-order valence-corrected chi connectivity index (χ3v) is 4.01. The van der Waals surface area contributed by atoms with E-state index in [0.717, 1.165) is 21.6 Å². The predicted molar refractivity (Wildman–Crippen MR) is 75.0 cm³/mol. The molecule has 1 aromatic carbocycles. The fraction of sp³-hybridized carbons (Fsp3) is 0.154.